The smallest absolute Gasteiger partial charge is 0.0560 e. The first-order valence-corrected chi connectivity index (χ1v) is 3.93. The number of hydrogen-bond donors (Lipinski definition) is 2. The molecule has 0 aromatic heterocycles. The van der Waals surface area contributed by atoms with E-state index in [1.165, 1.54) is 0 Å². The van der Waals surface area contributed by atoms with E-state index in [0.29, 0.717) is 0 Å². The van der Waals surface area contributed by atoms with Crippen molar-refractivity contribution in [1.82, 2.24) is 0 Å². The minimum Gasteiger partial charge on any atom is -0.393 e. The number of aliphatic hydroxyl groups is 1. The monoisotopic (exact) mass is 179 g/mol. The Morgan fingerprint density at radius 1 is 1.36 bits per heavy atom. The summed E-state index contributed by atoms with van der Waals surface area (Å²) in [6, 6.07) is 0.207. The standard InChI is InChI=1S/C8H17NO.ClH/c1-8(2)4-6(9)3-7(10)5-8;/h6-7,10H,3-5,9H2,1-2H3;1H/t6-,7-;/m1./s1. The Morgan fingerprint density at radius 3 is 2.27 bits per heavy atom. The molecule has 2 atom stereocenters. The van der Waals surface area contributed by atoms with Gasteiger partial charge in [-0.05, 0) is 24.7 Å². The second-order valence-corrected chi connectivity index (χ2v) is 4.22. The topological polar surface area (TPSA) is 46.2 Å². The third kappa shape index (κ3) is 3.41. The fraction of sp³-hybridized carbons (Fsp3) is 1.00. The van der Waals surface area contributed by atoms with E-state index < -0.39 is 0 Å². The molecular weight excluding hydrogens is 162 g/mol. The Kier molecular flexibility index (Phi) is 3.82. The van der Waals surface area contributed by atoms with Crippen LogP contribution in [0, 0.1) is 5.41 Å². The highest BCUT2D eigenvalue weighted by molar-refractivity contribution is 5.85. The molecule has 0 spiro atoms. The van der Waals surface area contributed by atoms with E-state index in [1.54, 1.807) is 0 Å². The van der Waals surface area contributed by atoms with Gasteiger partial charge in [-0.25, -0.2) is 0 Å². The summed E-state index contributed by atoms with van der Waals surface area (Å²) in [7, 11) is 0. The van der Waals surface area contributed by atoms with E-state index in [9.17, 15) is 5.11 Å². The highest BCUT2D eigenvalue weighted by Crippen LogP contribution is 2.34. The van der Waals surface area contributed by atoms with Crippen LogP contribution in [0.15, 0.2) is 0 Å². The fourth-order valence-electron chi connectivity index (χ4n) is 1.95. The second kappa shape index (κ2) is 3.74. The molecule has 1 aliphatic carbocycles. The van der Waals surface area contributed by atoms with Gasteiger partial charge in [-0.2, -0.15) is 0 Å². The van der Waals surface area contributed by atoms with E-state index in [0.717, 1.165) is 19.3 Å². The molecule has 0 amide bonds. The van der Waals surface area contributed by atoms with Crippen LogP contribution in [0.2, 0.25) is 0 Å². The van der Waals surface area contributed by atoms with Crippen molar-refractivity contribution in [3.8, 4) is 0 Å². The highest BCUT2D eigenvalue weighted by atomic mass is 35.5. The molecule has 0 aromatic carbocycles. The van der Waals surface area contributed by atoms with Crippen molar-refractivity contribution in [2.24, 2.45) is 11.1 Å². The summed E-state index contributed by atoms with van der Waals surface area (Å²) in [4.78, 5) is 0. The normalized spacial score (nSPS) is 36.0. The quantitative estimate of drug-likeness (QED) is 0.589. The average Bonchev–Trinajstić information content (AvgIpc) is 1.54. The van der Waals surface area contributed by atoms with Crippen molar-refractivity contribution in [3.05, 3.63) is 0 Å². The molecule has 0 unspecified atom stereocenters. The fourth-order valence-corrected chi connectivity index (χ4v) is 1.95. The van der Waals surface area contributed by atoms with E-state index in [-0.39, 0.29) is 30.0 Å². The first-order chi connectivity index (χ1) is 4.49. The van der Waals surface area contributed by atoms with Gasteiger partial charge in [0.15, 0.2) is 0 Å². The number of halogens is 1. The maximum Gasteiger partial charge on any atom is 0.0560 e. The van der Waals surface area contributed by atoms with E-state index >= 15 is 0 Å². The van der Waals surface area contributed by atoms with Crippen molar-refractivity contribution < 1.29 is 5.11 Å². The van der Waals surface area contributed by atoms with Gasteiger partial charge in [0.2, 0.25) is 0 Å². The van der Waals surface area contributed by atoms with Crippen LogP contribution < -0.4 is 5.73 Å². The Hall–Kier alpha value is 0.210. The Bertz CT molecular complexity index is 115. The average molecular weight is 180 g/mol. The molecule has 0 aliphatic heterocycles. The summed E-state index contributed by atoms with van der Waals surface area (Å²) >= 11 is 0. The maximum atomic E-state index is 9.34. The van der Waals surface area contributed by atoms with Crippen LogP contribution in [0.4, 0.5) is 0 Å². The molecular formula is C8H18ClNO. The SMILES string of the molecule is CC1(C)C[C@H](N)C[C@@H](O)C1.Cl. The molecule has 1 rings (SSSR count). The van der Waals surface area contributed by atoms with Crippen molar-refractivity contribution >= 4 is 12.4 Å². The van der Waals surface area contributed by atoms with Gasteiger partial charge in [0.25, 0.3) is 0 Å². The minimum absolute atomic E-state index is 0. The summed E-state index contributed by atoms with van der Waals surface area (Å²) in [6.45, 7) is 4.32. The zero-order valence-electron chi connectivity index (χ0n) is 7.21. The molecule has 1 fully saturated rings. The Morgan fingerprint density at radius 2 is 1.91 bits per heavy atom. The summed E-state index contributed by atoms with van der Waals surface area (Å²) in [6.07, 6.45) is 2.56. The Labute approximate surface area is 74.6 Å². The van der Waals surface area contributed by atoms with Crippen LogP contribution in [0.25, 0.3) is 0 Å². The maximum absolute atomic E-state index is 9.34. The third-order valence-electron chi connectivity index (χ3n) is 2.18. The lowest BCUT2D eigenvalue weighted by Gasteiger charge is -2.36. The molecule has 0 heterocycles. The predicted octanol–water partition coefficient (Wildman–Crippen LogP) is 1.31. The van der Waals surface area contributed by atoms with Gasteiger partial charge < -0.3 is 10.8 Å². The van der Waals surface area contributed by atoms with Crippen LogP contribution in [0.1, 0.15) is 33.1 Å². The highest BCUT2D eigenvalue weighted by Gasteiger charge is 2.30. The van der Waals surface area contributed by atoms with Crippen LogP contribution >= 0.6 is 12.4 Å². The molecule has 0 saturated heterocycles. The molecule has 3 heteroatoms. The van der Waals surface area contributed by atoms with Gasteiger partial charge in [0.1, 0.15) is 0 Å². The van der Waals surface area contributed by atoms with Crippen LogP contribution in [0.3, 0.4) is 0 Å². The van der Waals surface area contributed by atoms with Crippen LogP contribution in [-0.4, -0.2) is 17.3 Å². The molecule has 0 radical (unpaired) electrons. The molecule has 2 nitrogen and oxygen atoms in total. The zero-order chi connectivity index (χ0) is 7.78. The lowest BCUT2D eigenvalue weighted by atomic mass is 9.74. The summed E-state index contributed by atoms with van der Waals surface area (Å²) in [5.41, 5.74) is 5.99. The van der Waals surface area contributed by atoms with E-state index in [2.05, 4.69) is 13.8 Å². The molecule has 3 N–H and O–H groups in total. The van der Waals surface area contributed by atoms with Crippen molar-refractivity contribution in [1.29, 1.82) is 0 Å². The number of nitrogens with two attached hydrogens (primary N) is 1. The largest absolute Gasteiger partial charge is 0.393 e. The number of aliphatic hydroxyl groups excluding tert-OH is 1. The van der Waals surface area contributed by atoms with Crippen molar-refractivity contribution in [3.63, 3.8) is 0 Å². The summed E-state index contributed by atoms with van der Waals surface area (Å²) < 4.78 is 0. The first-order valence-electron chi connectivity index (χ1n) is 3.93. The molecule has 0 bridgehead atoms. The number of hydrogen-bond acceptors (Lipinski definition) is 2. The Balaban J connectivity index is 0.000001000. The van der Waals surface area contributed by atoms with E-state index in [4.69, 9.17) is 5.73 Å². The zero-order valence-corrected chi connectivity index (χ0v) is 8.03. The van der Waals surface area contributed by atoms with Crippen LogP contribution in [0.5, 0.6) is 0 Å². The van der Waals surface area contributed by atoms with Gasteiger partial charge in [0.05, 0.1) is 6.10 Å². The lowest BCUT2D eigenvalue weighted by Crippen LogP contribution is -2.39. The first kappa shape index (κ1) is 11.2. The third-order valence-corrected chi connectivity index (χ3v) is 2.18. The number of rotatable bonds is 0. The second-order valence-electron chi connectivity index (χ2n) is 4.22. The minimum atomic E-state index is -0.168. The van der Waals surface area contributed by atoms with E-state index in [1.807, 2.05) is 0 Å². The summed E-state index contributed by atoms with van der Waals surface area (Å²) in [5.74, 6) is 0. The van der Waals surface area contributed by atoms with Gasteiger partial charge >= 0.3 is 0 Å². The molecule has 68 valence electrons. The van der Waals surface area contributed by atoms with Crippen LogP contribution in [-0.2, 0) is 0 Å². The van der Waals surface area contributed by atoms with Crippen molar-refractivity contribution in [2.45, 2.75) is 45.3 Å². The lowest BCUT2D eigenvalue weighted by molar-refractivity contribution is 0.0556. The van der Waals surface area contributed by atoms with Gasteiger partial charge in [-0.3, -0.25) is 0 Å². The van der Waals surface area contributed by atoms with Gasteiger partial charge in [0, 0.05) is 6.04 Å². The molecule has 1 aliphatic rings. The molecule has 1 saturated carbocycles. The summed E-state index contributed by atoms with van der Waals surface area (Å²) in [5, 5.41) is 9.34. The molecule has 0 aromatic rings. The molecule has 11 heavy (non-hydrogen) atoms. The van der Waals surface area contributed by atoms with Crippen molar-refractivity contribution in [2.75, 3.05) is 0 Å². The predicted molar refractivity (Wildman–Crippen MR) is 48.9 cm³/mol. The van der Waals surface area contributed by atoms with Gasteiger partial charge in [-0.15, -0.1) is 12.4 Å². The van der Waals surface area contributed by atoms with Gasteiger partial charge in [-0.1, -0.05) is 13.8 Å².